The van der Waals surface area contributed by atoms with Crippen LogP contribution in [0.5, 0.6) is 0 Å². The van der Waals surface area contributed by atoms with Crippen LogP contribution in [-0.4, -0.2) is 57.3 Å². The van der Waals surface area contributed by atoms with Gasteiger partial charge < -0.3 is 10.2 Å². The van der Waals surface area contributed by atoms with Crippen LogP contribution in [0.15, 0.2) is 0 Å². The average Bonchev–Trinajstić information content (AvgIpc) is 2.78. The van der Waals surface area contributed by atoms with E-state index in [-0.39, 0.29) is 5.54 Å². The lowest BCUT2D eigenvalue weighted by Gasteiger charge is -2.43. The molecule has 1 heterocycles. The predicted molar refractivity (Wildman–Crippen MR) is 77.0 cm³/mol. The van der Waals surface area contributed by atoms with Gasteiger partial charge in [0.05, 0.1) is 7.05 Å². The Morgan fingerprint density at radius 2 is 2.05 bits per heavy atom. The van der Waals surface area contributed by atoms with E-state index in [2.05, 4.69) is 60.5 Å². The molecule has 0 saturated carbocycles. The molecule has 6 nitrogen and oxygen atoms in total. The van der Waals surface area contributed by atoms with Crippen LogP contribution in [0.3, 0.4) is 0 Å². The second-order valence-electron chi connectivity index (χ2n) is 5.51. The average molecular weight is 268 g/mol. The highest BCUT2D eigenvalue weighted by Gasteiger charge is 2.35. The minimum atomic E-state index is 0.0777. The molecule has 2 unspecified atom stereocenters. The van der Waals surface area contributed by atoms with Crippen LogP contribution in [0, 0.1) is 0 Å². The molecule has 0 aromatic carbocycles. The number of aromatic nitrogens is 4. The third-order valence-corrected chi connectivity index (χ3v) is 4.07. The fraction of sp³-hybridized carbons (Fsp3) is 0.923. The van der Waals surface area contributed by atoms with Gasteiger partial charge in [0.15, 0.2) is 5.82 Å². The standard InChI is InChI=1S/C13H28N6/c1-7-9-14-11(13(3,8-2)18(4)5)10-12-15-17-19(6)16-12/h11,14H,7-10H2,1-6H3. The molecule has 0 saturated heterocycles. The largest absolute Gasteiger partial charge is 0.312 e. The van der Waals surface area contributed by atoms with Crippen molar-refractivity contribution in [1.29, 1.82) is 0 Å². The van der Waals surface area contributed by atoms with Crippen molar-refractivity contribution in [3.05, 3.63) is 5.82 Å². The zero-order valence-corrected chi connectivity index (χ0v) is 13.1. The summed E-state index contributed by atoms with van der Waals surface area (Å²) in [6.45, 7) is 7.71. The van der Waals surface area contributed by atoms with E-state index < -0.39 is 0 Å². The van der Waals surface area contributed by atoms with Gasteiger partial charge in [-0.25, -0.2) is 0 Å². The van der Waals surface area contributed by atoms with E-state index in [1.165, 1.54) is 4.80 Å². The predicted octanol–water partition coefficient (Wildman–Crippen LogP) is 0.851. The number of tetrazole rings is 1. The van der Waals surface area contributed by atoms with Crippen LogP contribution in [-0.2, 0) is 13.5 Å². The molecule has 1 aromatic rings. The summed E-state index contributed by atoms with van der Waals surface area (Å²) in [4.78, 5) is 3.81. The fourth-order valence-electron chi connectivity index (χ4n) is 2.29. The van der Waals surface area contributed by atoms with Crippen LogP contribution in [0.1, 0.15) is 39.4 Å². The van der Waals surface area contributed by atoms with Crippen LogP contribution in [0.4, 0.5) is 0 Å². The first kappa shape index (κ1) is 16.0. The molecule has 19 heavy (non-hydrogen) atoms. The third kappa shape index (κ3) is 3.98. The number of rotatable bonds is 8. The minimum absolute atomic E-state index is 0.0777. The molecule has 1 aromatic heterocycles. The molecule has 0 radical (unpaired) electrons. The molecule has 0 aliphatic heterocycles. The van der Waals surface area contributed by atoms with E-state index in [0.29, 0.717) is 6.04 Å². The lowest BCUT2D eigenvalue weighted by Crippen LogP contribution is -2.58. The van der Waals surface area contributed by atoms with Crippen LogP contribution >= 0.6 is 0 Å². The second kappa shape index (κ2) is 6.96. The third-order valence-electron chi connectivity index (χ3n) is 4.07. The van der Waals surface area contributed by atoms with E-state index in [0.717, 1.165) is 31.6 Å². The molecule has 0 bridgehead atoms. The van der Waals surface area contributed by atoms with E-state index >= 15 is 0 Å². The van der Waals surface area contributed by atoms with Crippen molar-refractivity contribution in [2.75, 3.05) is 20.6 Å². The van der Waals surface area contributed by atoms with Gasteiger partial charge in [0.25, 0.3) is 0 Å². The maximum atomic E-state index is 4.30. The summed E-state index contributed by atoms with van der Waals surface area (Å²) in [7, 11) is 6.07. The van der Waals surface area contributed by atoms with E-state index in [1.807, 2.05) is 0 Å². The molecule has 0 aliphatic rings. The topological polar surface area (TPSA) is 58.9 Å². The van der Waals surface area contributed by atoms with Crippen molar-refractivity contribution >= 4 is 0 Å². The molecular formula is C13H28N6. The molecule has 1 N–H and O–H groups in total. The highest BCUT2D eigenvalue weighted by Crippen LogP contribution is 2.23. The van der Waals surface area contributed by atoms with Gasteiger partial charge in [-0.3, -0.25) is 0 Å². The van der Waals surface area contributed by atoms with Crippen molar-refractivity contribution in [3.63, 3.8) is 0 Å². The van der Waals surface area contributed by atoms with Gasteiger partial charge in [0.2, 0.25) is 0 Å². The summed E-state index contributed by atoms with van der Waals surface area (Å²) in [5.41, 5.74) is 0.0777. The van der Waals surface area contributed by atoms with E-state index in [9.17, 15) is 0 Å². The molecular weight excluding hydrogens is 240 g/mol. The Labute approximate surface area is 116 Å². The fourth-order valence-corrected chi connectivity index (χ4v) is 2.29. The Kier molecular flexibility index (Phi) is 5.87. The zero-order valence-electron chi connectivity index (χ0n) is 13.1. The number of likely N-dealkylation sites (N-methyl/N-ethyl adjacent to an activating group) is 1. The zero-order chi connectivity index (χ0) is 14.5. The summed E-state index contributed by atoms with van der Waals surface area (Å²) < 4.78 is 0. The Balaban J connectivity index is 2.86. The van der Waals surface area contributed by atoms with Crippen LogP contribution in [0.2, 0.25) is 0 Å². The first-order valence-electron chi connectivity index (χ1n) is 7.07. The van der Waals surface area contributed by atoms with E-state index in [1.54, 1.807) is 7.05 Å². The van der Waals surface area contributed by atoms with Crippen molar-refractivity contribution in [2.24, 2.45) is 7.05 Å². The van der Waals surface area contributed by atoms with Gasteiger partial charge in [0.1, 0.15) is 0 Å². The molecule has 0 fully saturated rings. The van der Waals surface area contributed by atoms with Crippen LogP contribution < -0.4 is 5.32 Å². The van der Waals surface area contributed by atoms with Gasteiger partial charge in [-0.2, -0.15) is 4.80 Å². The Morgan fingerprint density at radius 3 is 2.47 bits per heavy atom. The number of hydrogen-bond donors (Lipinski definition) is 1. The van der Waals surface area contributed by atoms with Gasteiger partial charge in [-0.1, -0.05) is 13.8 Å². The molecule has 0 aliphatic carbocycles. The maximum Gasteiger partial charge on any atom is 0.176 e. The van der Waals surface area contributed by atoms with Gasteiger partial charge in [0, 0.05) is 18.0 Å². The molecule has 110 valence electrons. The minimum Gasteiger partial charge on any atom is -0.312 e. The quantitative estimate of drug-likeness (QED) is 0.757. The van der Waals surface area contributed by atoms with Crippen molar-refractivity contribution in [2.45, 2.75) is 51.6 Å². The smallest absolute Gasteiger partial charge is 0.176 e. The lowest BCUT2D eigenvalue weighted by molar-refractivity contribution is 0.111. The van der Waals surface area contributed by atoms with Crippen LogP contribution in [0.25, 0.3) is 0 Å². The summed E-state index contributed by atoms with van der Waals surface area (Å²) in [6, 6.07) is 0.316. The Bertz CT molecular complexity index is 375. The number of nitrogens with one attached hydrogen (secondary N) is 1. The van der Waals surface area contributed by atoms with Gasteiger partial charge >= 0.3 is 0 Å². The van der Waals surface area contributed by atoms with Gasteiger partial charge in [-0.05, 0) is 45.6 Å². The lowest BCUT2D eigenvalue weighted by atomic mass is 9.85. The summed E-state index contributed by atoms with van der Waals surface area (Å²) >= 11 is 0. The molecule has 0 amide bonds. The summed E-state index contributed by atoms with van der Waals surface area (Å²) in [5, 5.41) is 16.0. The SMILES string of the molecule is CCCNC(Cc1nnn(C)n1)C(C)(CC)N(C)C. The van der Waals surface area contributed by atoms with Gasteiger partial charge in [-0.15, -0.1) is 10.2 Å². The number of hydrogen-bond acceptors (Lipinski definition) is 5. The number of nitrogens with zero attached hydrogens (tertiary/aromatic N) is 5. The normalized spacial score (nSPS) is 16.6. The summed E-state index contributed by atoms with van der Waals surface area (Å²) in [5.74, 6) is 0.803. The van der Waals surface area contributed by atoms with Crippen molar-refractivity contribution < 1.29 is 0 Å². The first-order valence-corrected chi connectivity index (χ1v) is 7.07. The summed E-state index contributed by atoms with van der Waals surface area (Å²) in [6.07, 6.45) is 3.00. The van der Waals surface area contributed by atoms with E-state index in [4.69, 9.17) is 0 Å². The monoisotopic (exact) mass is 268 g/mol. The van der Waals surface area contributed by atoms with Crippen molar-refractivity contribution in [1.82, 2.24) is 30.4 Å². The maximum absolute atomic E-state index is 4.30. The molecule has 0 spiro atoms. The first-order chi connectivity index (χ1) is 8.93. The highest BCUT2D eigenvalue weighted by molar-refractivity contribution is 4.99. The highest BCUT2D eigenvalue weighted by atomic mass is 15.6. The molecule has 1 rings (SSSR count). The second-order valence-corrected chi connectivity index (χ2v) is 5.51. The molecule has 2 atom stereocenters. The molecule has 6 heteroatoms. The Morgan fingerprint density at radius 1 is 1.37 bits per heavy atom. The Hall–Kier alpha value is -1.01. The van der Waals surface area contributed by atoms with Crippen molar-refractivity contribution in [3.8, 4) is 0 Å². The number of aryl methyl sites for hydroxylation is 1.